The first-order valence-electron chi connectivity index (χ1n) is 5.45. The maximum Gasteiger partial charge on any atom is 0.177 e. The summed E-state index contributed by atoms with van der Waals surface area (Å²) in [5.41, 5.74) is 0.880. The van der Waals surface area contributed by atoms with E-state index >= 15 is 0 Å². The average molecular weight is 325 g/mol. The summed E-state index contributed by atoms with van der Waals surface area (Å²) in [6.07, 6.45) is 0. The third-order valence-electron chi connectivity index (χ3n) is 2.36. The third-order valence-corrected chi connectivity index (χ3v) is 2.92. The summed E-state index contributed by atoms with van der Waals surface area (Å²) in [6, 6.07) is 5.23. The fourth-order valence-corrected chi connectivity index (χ4v) is 1.71. The largest absolute Gasteiger partial charge is 0.204 e. The Balaban J connectivity index is 0.000000200. The molecule has 0 amide bonds. The van der Waals surface area contributed by atoms with Crippen LogP contribution in [0.3, 0.4) is 0 Å². The van der Waals surface area contributed by atoms with Crippen LogP contribution in [0.25, 0.3) is 0 Å². The van der Waals surface area contributed by atoms with Gasteiger partial charge in [0.1, 0.15) is 0 Å². The molecule has 0 spiro atoms. The SMILES string of the molecule is Cc1cc(F)c(F)c(Cl)c1.Cc1ccc(Cl)c(F)c1F. The van der Waals surface area contributed by atoms with Crippen LogP contribution in [0, 0.1) is 37.1 Å². The molecule has 2 rings (SSSR count). The van der Waals surface area contributed by atoms with Gasteiger partial charge in [-0.05, 0) is 43.2 Å². The Hall–Kier alpha value is -1.26. The first-order valence-corrected chi connectivity index (χ1v) is 6.21. The minimum absolute atomic E-state index is 0.169. The Morgan fingerprint density at radius 3 is 1.85 bits per heavy atom. The van der Waals surface area contributed by atoms with Gasteiger partial charge in [-0.3, -0.25) is 0 Å². The molecule has 20 heavy (non-hydrogen) atoms. The lowest BCUT2D eigenvalue weighted by molar-refractivity contribution is 0.503. The van der Waals surface area contributed by atoms with E-state index in [9.17, 15) is 17.6 Å². The van der Waals surface area contributed by atoms with Gasteiger partial charge in [0, 0.05) is 0 Å². The maximum absolute atomic E-state index is 12.5. The number of halogens is 6. The zero-order valence-corrected chi connectivity index (χ0v) is 12.1. The smallest absolute Gasteiger partial charge is 0.177 e. The number of hydrogen-bond donors (Lipinski definition) is 0. The van der Waals surface area contributed by atoms with Gasteiger partial charge in [-0.25, -0.2) is 17.6 Å². The summed E-state index contributed by atoms with van der Waals surface area (Å²) in [4.78, 5) is 0. The summed E-state index contributed by atoms with van der Waals surface area (Å²) in [6.45, 7) is 3.13. The molecule has 2 aromatic carbocycles. The monoisotopic (exact) mass is 324 g/mol. The highest BCUT2D eigenvalue weighted by Gasteiger charge is 2.07. The van der Waals surface area contributed by atoms with Crippen molar-refractivity contribution in [3.8, 4) is 0 Å². The van der Waals surface area contributed by atoms with Crippen LogP contribution < -0.4 is 0 Å². The van der Waals surface area contributed by atoms with Gasteiger partial charge in [-0.2, -0.15) is 0 Å². The Bertz CT molecular complexity index is 577. The Morgan fingerprint density at radius 2 is 1.35 bits per heavy atom. The van der Waals surface area contributed by atoms with Crippen LogP contribution in [0.2, 0.25) is 10.0 Å². The molecule has 0 N–H and O–H groups in total. The quantitative estimate of drug-likeness (QED) is 0.421. The van der Waals surface area contributed by atoms with E-state index in [1.807, 2.05) is 0 Å². The number of rotatable bonds is 0. The zero-order valence-electron chi connectivity index (χ0n) is 10.6. The first-order chi connectivity index (χ1) is 9.23. The molecule has 0 aliphatic heterocycles. The van der Waals surface area contributed by atoms with Crippen LogP contribution in [-0.2, 0) is 0 Å². The molecule has 2 aromatic rings. The molecule has 0 heterocycles. The van der Waals surface area contributed by atoms with Crippen molar-refractivity contribution in [1.82, 2.24) is 0 Å². The molecule has 0 saturated heterocycles. The second-order valence-electron chi connectivity index (χ2n) is 4.03. The molecule has 0 aromatic heterocycles. The van der Waals surface area contributed by atoms with E-state index in [1.165, 1.54) is 25.1 Å². The molecule has 0 unspecified atom stereocenters. The van der Waals surface area contributed by atoms with Crippen LogP contribution >= 0.6 is 23.2 Å². The van der Waals surface area contributed by atoms with Gasteiger partial charge in [0.2, 0.25) is 0 Å². The molecule has 0 nitrogen and oxygen atoms in total. The van der Waals surface area contributed by atoms with Crippen LogP contribution in [0.5, 0.6) is 0 Å². The molecule has 0 saturated carbocycles. The predicted octanol–water partition coefficient (Wildman–Crippen LogP) is 5.85. The highest BCUT2D eigenvalue weighted by Crippen LogP contribution is 2.19. The van der Waals surface area contributed by atoms with Crippen molar-refractivity contribution >= 4 is 23.2 Å². The van der Waals surface area contributed by atoms with E-state index in [0.29, 0.717) is 5.56 Å². The summed E-state index contributed by atoms with van der Waals surface area (Å²) >= 11 is 10.6. The van der Waals surface area contributed by atoms with Crippen molar-refractivity contribution in [3.05, 3.63) is 68.7 Å². The van der Waals surface area contributed by atoms with Gasteiger partial charge in [0.05, 0.1) is 10.0 Å². The van der Waals surface area contributed by atoms with Crippen LogP contribution in [-0.4, -0.2) is 0 Å². The first kappa shape index (κ1) is 16.8. The highest BCUT2D eigenvalue weighted by molar-refractivity contribution is 6.31. The van der Waals surface area contributed by atoms with E-state index in [0.717, 1.165) is 6.07 Å². The van der Waals surface area contributed by atoms with Crippen LogP contribution in [0.1, 0.15) is 11.1 Å². The molecule has 0 atom stereocenters. The van der Waals surface area contributed by atoms with Crippen LogP contribution in [0.15, 0.2) is 24.3 Å². The highest BCUT2D eigenvalue weighted by atomic mass is 35.5. The minimum Gasteiger partial charge on any atom is -0.204 e. The average Bonchev–Trinajstić information content (AvgIpc) is 2.39. The van der Waals surface area contributed by atoms with Crippen LogP contribution in [0.4, 0.5) is 17.6 Å². The van der Waals surface area contributed by atoms with Gasteiger partial charge < -0.3 is 0 Å². The molecule has 0 radical (unpaired) electrons. The summed E-state index contributed by atoms with van der Waals surface area (Å²) in [5.74, 6) is -3.72. The van der Waals surface area contributed by atoms with Gasteiger partial charge in [0.25, 0.3) is 0 Å². The van der Waals surface area contributed by atoms with Gasteiger partial charge in [-0.15, -0.1) is 0 Å². The molecule has 0 fully saturated rings. The number of aryl methyl sites for hydroxylation is 2. The summed E-state index contributed by atoms with van der Waals surface area (Å²) in [7, 11) is 0. The Kier molecular flexibility index (Phi) is 5.84. The van der Waals surface area contributed by atoms with E-state index in [4.69, 9.17) is 23.2 Å². The number of hydrogen-bond acceptors (Lipinski definition) is 0. The van der Waals surface area contributed by atoms with E-state index in [2.05, 4.69) is 0 Å². The summed E-state index contributed by atoms with van der Waals surface area (Å²) < 4.78 is 49.8. The molecular weight excluding hydrogens is 315 g/mol. The van der Waals surface area contributed by atoms with Crippen molar-refractivity contribution in [3.63, 3.8) is 0 Å². The molecule has 108 valence electrons. The third kappa shape index (κ3) is 4.12. The lowest BCUT2D eigenvalue weighted by Gasteiger charge is -1.97. The van der Waals surface area contributed by atoms with Gasteiger partial charge >= 0.3 is 0 Å². The second kappa shape index (κ2) is 6.95. The maximum atomic E-state index is 12.5. The Morgan fingerprint density at radius 1 is 0.750 bits per heavy atom. The van der Waals surface area contributed by atoms with Crippen molar-refractivity contribution in [2.24, 2.45) is 0 Å². The standard InChI is InChI=1S/2C7H5ClF2/c1-4-2-5(8)7(10)6(9)3-4;1-4-2-3-5(8)7(10)6(4)9/h2*2-3H,1H3. The number of benzene rings is 2. The van der Waals surface area contributed by atoms with Crippen molar-refractivity contribution in [2.75, 3.05) is 0 Å². The van der Waals surface area contributed by atoms with E-state index in [1.54, 1.807) is 6.92 Å². The molecule has 0 bridgehead atoms. The van der Waals surface area contributed by atoms with Crippen molar-refractivity contribution in [2.45, 2.75) is 13.8 Å². The fourth-order valence-electron chi connectivity index (χ4n) is 1.30. The van der Waals surface area contributed by atoms with E-state index < -0.39 is 23.3 Å². The fraction of sp³-hybridized carbons (Fsp3) is 0.143. The molecular formula is C14H10Cl2F4. The van der Waals surface area contributed by atoms with Gasteiger partial charge in [-0.1, -0.05) is 29.3 Å². The Labute approximate surface area is 123 Å². The topological polar surface area (TPSA) is 0 Å². The molecule has 6 heteroatoms. The van der Waals surface area contributed by atoms with E-state index in [-0.39, 0.29) is 15.6 Å². The summed E-state index contributed by atoms with van der Waals surface area (Å²) in [5, 5.41) is -0.347. The molecule has 0 aliphatic rings. The second-order valence-corrected chi connectivity index (χ2v) is 4.85. The zero-order chi connectivity index (χ0) is 15.4. The lowest BCUT2D eigenvalue weighted by atomic mass is 10.2. The van der Waals surface area contributed by atoms with Crippen molar-refractivity contribution < 1.29 is 17.6 Å². The predicted molar refractivity (Wildman–Crippen MR) is 72.2 cm³/mol. The van der Waals surface area contributed by atoms with Gasteiger partial charge in [0.15, 0.2) is 23.3 Å². The molecule has 0 aliphatic carbocycles. The minimum atomic E-state index is -0.979. The normalized spacial score (nSPS) is 10.0. The van der Waals surface area contributed by atoms with Crippen molar-refractivity contribution in [1.29, 1.82) is 0 Å². The lowest BCUT2D eigenvalue weighted by Crippen LogP contribution is -1.88.